The van der Waals surface area contributed by atoms with Crippen LogP contribution >= 0.6 is 0 Å². The molecule has 0 aliphatic rings. The molecule has 0 saturated heterocycles. The lowest BCUT2D eigenvalue weighted by molar-refractivity contribution is 0.669. The smallest absolute Gasteiger partial charge is 0.135 e. The Hall–Kier alpha value is -6.13. The van der Waals surface area contributed by atoms with Crippen LogP contribution in [0, 0.1) is 0 Å². The van der Waals surface area contributed by atoms with Gasteiger partial charge in [0, 0.05) is 32.3 Å². The molecule has 4 nitrogen and oxygen atoms in total. The van der Waals surface area contributed by atoms with E-state index in [4.69, 9.17) is 9.40 Å². The van der Waals surface area contributed by atoms with Gasteiger partial charge in [0.2, 0.25) is 0 Å². The van der Waals surface area contributed by atoms with E-state index in [1.54, 1.807) is 0 Å². The number of nitrogens with zero attached hydrogens (tertiary/aromatic N) is 3. The van der Waals surface area contributed by atoms with Crippen LogP contribution in [0.1, 0.15) is 0 Å². The molecule has 4 heteroatoms. The minimum atomic E-state index is 0.910. The molecule has 0 unspecified atom stereocenters. The van der Waals surface area contributed by atoms with Crippen LogP contribution < -0.4 is 0 Å². The molecule has 0 atom stereocenters. The monoisotopic (exact) mass is 575 g/mol. The second-order valence-corrected chi connectivity index (χ2v) is 11.7. The van der Waals surface area contributed by atoms with Gasteiger partial charge >= 0.3 is 0 Å². The van der Waals surface area contributed by atoms with E-state index in [1.807, 2.05) is 24.5 Å². The van der Waals surface area contributed by atoms with Crippen LogP contribution in [0.3, 0.4) is 0 Å². The molecule has 6 aromatic carbocycles. The fourth-order valence-electron chi connectivity index (χ4n) is 7.20. The molecular weight excluding hydrogens is 550 g/mol. The lowest BCUT2D eigenvalue weighted by Crippen LogP contribution is -1.99. The van der Waals surface area contributed by atoms with Crippen LogP contribution in [0.15, 0.2) is 156 Å². The molecule has 45 heavy (non-hydrogen) atoms. The Morgan fingerprint density at radius 2 is 0.844 bits per heavy atom. The number of hydrogen-bond donors (Lipinski definition) is 0. The molecule has 0 saturated carbocycles. The highest BCUT2D eigenvalue weighted by Gasteiger charge is 2.17. The van der Waals surface area contributed by atoms with Gasteiger partial charge in [-0.3, -0.25) is 4.98 Å². The second kappa shape index (κ2) is 9.18. The van der Waals surface area contributed by atoms with E-state index in [0.717, 1.165) is 44.3 Å². The maximum atomic E-state index is 6.10. The predicted molar refractivity (Wildman–Crippen MR) is 186 cm³/mol. The zero-order chi connectivity index (χ0) is 29.5. The van der Waals surface area contributed by atoms with Gasteiger partial charge in [0.15, 0.2) is 0 Å². The SMILES string of the molecule is c1ccc2c(c1)oc1ccc(-c3ccc4c(c3)c3ccccc3n4-c3cncc(-n4c5ccccc5c5ccccc54)c3)cc12. The Morgan fingerprint density at radius 3 is 1.49 bits per heavy atom. The molecule has 0 aliphatic heterocycles. The van der Waals surface area contributed by atoms with Crippen LogP contribution in [0.5, 0.6) is 0 Å². The molecular formula is C41H25N3O. The van der Waals surface area contributed by atoms with Crippen molar-refractivity contribution in [3.8, 4) is 22.5 Å². The molecule has 0 bridgehead atoms. The fraction of sp³-hybridized carbons (Fsp3) is 0. The second-order valence-electron chi connectivity index (χ2n) is 11.7. The predicted octanol–water partition coefficient (Wildman–Crippen LogP) is 10.8. The first-order valence-electron chi connectivity index (χ1n) is 15.2. The number of pyridine rings is 1. The van der Waals surface area contributed by atoms with Gasteiger partial charge in [0.05, 0.1) is 45.8 Å². The third-order valence-electron chi connectivity index (χ3n) is 9.19. The third kappa shape index (κ3) is 3.51. The summed E-state index contributed by atoms with van der Waals surface area (Å²) < 4.78 is 10.8. The van der Waals surface area contributed by atoms with Gasteiger partial charge in [-0.1, -0.05) is 84.9 Å². The first kappa shape index (κ1) is 24.3. The van der Waals surface area contributed by atoms with Crippen LogP contribution in [-0.2, 0) is 0 Å². The zero-order valence-corrected chi connectivity index (χ0v) is 24.2. The van der Waals surface area contributed by atoms with E-state index in [1.165, 1.54) is 43.7 Å². The Labute approximate surface area is 258 Å². The van der Waals surface area contributed by atoms with Gasteiger partial charge in [-0.15, -0.1) is 0 Å². The molecule has 0 amide bonds. The van der Waals surface area contributed by atoms with Crippen molar-refractivity contribution < 1.29 is 4.42 Å². The minimum absolute atomic E-state index is 0.910. The number of furan rings is 1. The number of aromatic nitrogens is 3. The highest BCUT2D eigenvalue weighted by atomic mass is 16.3. The number of rotatable bonds is 3. The van der Waals surface area contributed by atoms with Gasteiger partial charge in [-0.2, -0.15) is 0 Å². The largest absolute Gasteiger partial charge is 0.456 e. The summed E-state index contributed by atoms with van der Waals surface area (Å²) in [6.45, 7) is 0. The van der Waals surface area contributed by atoms with Crippen LogP contribution in [0.25, 0.3) is 88.1 Å². The topological polar surface area (TPSA) is 35.9 Å². The molecule has 0 fully saturated rings. The standard InChI is InChI=1S/C41H25N3O/c1-5-13-36-30(9-1)31-10-2-6-14-37(31)43(36)28-23-29(25-42-24-28)44-38-15-7-3-11-32(38)34-21-26(17-19-39(34)44)27-18-20-41-35(22-27)33-12-4-8-16-40(33)45-41/h1-25H. The Morgan fingerprint density at radius 1 is 0.378 bits per heavy atom. The fourth-order valence-corrected chi connectivity index (χ4v) is 7.20. The summed E-state index contributed by atoms with van der Waals surface area (Å²) in [5.41, 5.74) is 10.9. The van der Waals surface area contributed by atoms with Gasteiger partial charge in [0.25, 0.3) is 0 Å². The molecule has 0 radical (unpaired) electrons. The van der Waals surface area contributed by atoms with E-state index in [9.17, 15) is 0 Å². The van der Waals surface area contributed by atoms with E-state index in [-0.39, 0.29) is 0 Å². The van der Waals surface area contributed by atoms with Crippen molar-refractivity contribution in [2.75, 3.05) is 0 Å². The molecule has 10 rings (SSSR count). The van der Waals surface area contributed by atoms with E-state index in [0.29, 0.717) is 0 Å². The quantitative estimate of drug-likeness (QED) is 0.210. The average molecular weight is 576 g/mol. The van der Waals surface area contributed by atoms with Crippen LogP contribution in [0.4, 0.5) is 0 Å². The lowest BCUT2D eigenvalue weighted by atomic mass is 10.0. The Balaban J connectivity index is 1.17. The molecule has 0 aliphatic carbocycles. The number of fused-ring (bicyclic) bond motifs is 9. The van der Waals surface area contributed by atoms with Crippen molar-refractivity contribution >= 4 is 65.6 Å². The lowest BCUT2D eigenvalue weighted by Gasteiger charge is -2.12. The molecule has 0 N–H and O–H groups in total. The van der Waals surface area contributed by atoms with Crippen molar-refractivity contribution in [1.82, 2.24) is 14.1 Å². The van der Waals surface area contributed by atoms with Crippen molar-refractivity contribution in [3.63, 3.8) is 0 Å². The minimum Gasteiger partial charge on any atom is -0.456 e. The van der Waals surface area contributed by atoms with Gasteiger partial charge < -0.3 is 13.6 Å². The first-order valence-corrected chi connectivity index (χ1v) is 15.2. The third-order valence-corrected chi connectivity index (χ3v) is 9.19. The number of benzene rings is 6. The Kier molecular flexibility index (Phi) is 4.96. The Bertz CT molecular complexity index is 2720. The molecule has 4 heterocycles. The summed E-state index contributed by atoms with van der Waals surface area (Å²) in [6.07, 6.45) is 3.93. The molecule has 10 aromatic rings. The number of para-hydroxylation sites is 4. The summed E-state index contributed by atoms with van der Waals surface area (Å²) in [7, 11) is 0. The highest BCUT2D eigenvalue weighted by molar-refractivity contribution is 6.12. The van der Waals surface area contributed by atoms with Crippen molar-refractivity contribution in [2.45, 2.75) is 0 Å². The van der Waals surface area contributed by atoms with Gasteiger partial charge in [-0.05, 0) is 65.7 Å². The summed E-state index contributed by atoms with van der Waals surface area (Å²) in [5.74, 6) is 0. The molecule has 210 valence electrons. The summed E-state index contributed by atoms with van der Waals surface area (Å²) in [6, 6.07) is 49.6. The van der Waals surface area contributed by atoms with Crippen molar-refractivity contribution in [2.24, 2.45) is 0 Å². The zero-order valence-electron chi connectivity index (χ0n) is 24.2. The van der Waals surface area contributed by atoms with E-state index in [2.05, 4.69) is 137 Å². The maximum Gasteiger partial charge on any atom is 0.135 e. The van der Waals surface area contributed by atoms with Gasteiger partial charge in [0.1, 0.15) is 11.2 Å². The number of hydrogen-bond acceptors (Lipinski definition) is 2. The van der Waals surface area contributed by atoms with Crippen molar-refractivity contribution in [1.29, 1.82) is 0 Å². The van der Waals surface area contributed by atoms with Crippen LogP contribution in [0.2, 0.25) is 0 Å². The summed E-state index contributed by atoms with van der Waals surface area (Å²) >= 11 is 0. The first-order chi connectivity index (χ1) is 22.3. The average Bonchev–Trinajstić information content (AvgIpc) is 3.75. The normalized spacial score (nSPS) is 12.0. The van der Waals surface area contributed by atoms with E-state index < -0.39 is 0 Å². The van der Waals surface area contributed by atoms with Crippen molar-refractivity contribution in [3.05, 3.63) is 152 Å². The molecule has 4 aromatic heterocycles. The summed E-state index contributed by atoms with van der Waals surface area (Å²) in [5, 5.41) is 7.18. The van der Waals surface area contributed by atoms with Crippen LogP contribution in [-0.4, -0.2) is 14.1 Å². The maximum absolute atomic E-state index is 6.10. The summed E-state index contributed by atoms with van der Waals surface area (Å²) in [4.78, 5) is 4.79. The highest BCUT2D eigenvalue weighted by Crippen LogP contribution is 2.38. The van der Waals surface area contributed by atoms with Gasteiger partial charge in [-0.25, -0.2) is 0 Å². The molecule has 0 spiro atoms. The van der Waals surface area contributed by atoms with E-state index >= 15 is 0 Å².